The highest BCUT2D eigenvalue weighted by molar-refractivity contribution is 6.32. The molecule has 0 saturated heterocycles. The van der Waals surface area contributed by atoms with Crippen LogP contribution in [0.25, 0.3) is 0 Å². The maximum Gasteiger partial charge on any atom is 0.329 e. The van der Waals surface area contributed by atoms with Gasteiger partial charge in [0.25, 0.3) is 11.6 Å². The van der Waals surface area contributed by atoms with Crippen LogP contribution >= 0.6 is 11.6 Å². The number of nitro groups is 1. The van der Waals surface area contributed by atoms with E-state index in [0.717, 1.165) is 12.3 Å². The second kappa shape index (κ2) is 6.49. The average molecular weight is 316 g/mol. The van der Waals surface area contributed by atoms with Crippen molar-refractivity contribution >= 4 is 29.2 Å². The minimum Gasteiger partial charge on any atom is -0.480 e. The third-order valence-electron chi connectivity index (χ3n) is 2.89. The molecule has 0 saturated carbocycles. The standard InChI is InChI=1S/C12H14ClN3O5/c1-3-4-12(2,11(18)19)15-10(17)8-5-7(16(20)21)6-14-9(8)13/h5-6H,3-4H2,1-2H3,(H,15,17)(H,18,19). The van der Waals surface area contributed by atoms with E-state index in [9.17, 15) is 24.8 Å². The van der Waals surface area contributed by atoms with E-state index >= 15 is 0 Å². The number of carboxylic acid groups (broad SMARTS) is 1. The number of carbonyl (C=O) groups excluding carboxylic acids is 1. The highest BCUT2D eigenvalue weighted by atomic mass is 35.5. The van der Waals surface area contributed by atoms with Gasteiger partial charge in [-0.05, 0) is 13.3 Å². The summed E-state index contributed by atoms with van der Waals surface area (Å²) in [6.07, 6.45) is 1.65. The summed E-state index contributed by atoms with van der Waals surface area (Å²) in [5.41, 5.74) is -2.13. The Kier molecular flexibility index (Phi) is 5.20. The number of aromatic nitrogens is 1. The number of carboxylic acids is 1. The van der Waals surface area contributed by atoms with Gasteiger partial charge in [-0.15, -0.1) is 0 Å². The molecule has 1 heterocycles. The van der Waals surface area contributed by atoms with Crippen LogP contribution in [0.4, 0.5) is 5.69 Å². The van der Waals surface area contributed by atoms with Gasteiger partial charge in [-0.1, -0.05) is 24.9 Å². The molecule has 1 rings (SSSR count). The van der Waals surface area contributed by atoms with E-state index < -0.39 is 28.0 Å². The van der Waals surface area contributed by atoms with Crippen molar-refractivity contribution in [1.29, 1.82) is 0 Å². The molecule has 0 aliphatic rings. The minimum absolute atomic E-state index is 0.202. The molecule has 8 nitrogen and oxygen atoms in total. The van der Waals surface area contributed by atoms with Crippen molar-refractivity contribution in [1.82, 2.24) is 10.3 Å². The van der Waals surface area contributed by atoms with Crippen LogP contribution in [0.3, 0.4) is 0 Å². The van der Waals surface area contributed by atoms with Crippen molar-refractivity contribution in [3.63, 3.8) is 0 Å². The van der Waals surface area contributed by atoms with E-state index in [4.69, 9.17) is 11.6 Å². The van der Waals surface area contributed by atoms with Gasteiger partial charge in [-0.25, -0.2) is 9.78 Å². The first-order chi connectivity index (χ1) is 9.71. The lowest BCUT2D eigenvalue weighted by atomic mass is 9.96. The maximum absolute atomic E-state index is 12.1. The van der Waals surface area contributed by atoms with E-state index in [0.29, 0.717) is 6.42 Å². The third kappa shape index (κ3) is 3.88. The second-order valence-corrected chi connectivity index (χ2v) is 4.99. The summed E-state index contributed by atoms with van der Waals surface area (Å²) in [5, 5.41) is 22.0. The third-order valence-corrected chi connectivity index (χ3v) is 3.19. The van der Waals surface area contributed by atoms with Gasteiger partial charge >= 0.3 is 5.97 Å². The summed E-state index contributed by atoms with van der Waals surface area (Å²) in [7, 11) is 0. The van der Waals surface area contributed by atoms with Crippen LogP contribution in [-0.2, 0) is 4.79 Å². The highest BCUT2D eigenvalue weighted by Gasteiger charge is 2.35. The topological polar surface area (TPSA) is 122 Å². The first kappa shape index (κ1) is 16.8. The first-order valence-corrected chi connectivity index (χ1v) is 6.45. The molecule has 114 valence electrons. The molecule has 0 spiro atoms. The number of pyridine rings is 1. The van der Waals surface area contributed by atoms with E-state index in [-0.39, 0.29) is 17.1 Å². The lowest BCUT2D eigenvalue weighted by Crippen LogP contribution is -2.52. The number of hydrogen-bond acceptors (Lipinski definition) is 5. The lowest BCUT2D eigenvalue weighted by molar-refractivity contribution is -0.385. The summed E-state index contributed by atoms with van der Waals surface area (Å²) >= 11 is 5.74. The molecule has 0 aromatic carbocycles. The summed E-state index contributed by atoms with van der Waals surface area (Å²) < 4.78 is 0. The molecule has 1 aromatic heterocycles. The molecule has 1 atom stereocenters. The van der Waals surface area contributed by atoms with Crippen LogP contribution in [0.5, 0.6) is 0 Å². The van der Waals surface area contributed by atoms with Crippen molar-refractivity contribution in [2.24, 2.45) is 0 Å². The Balaban J connectivity index is 3.11. The van der Waals surface area contributed by atoms with Crippen LogP contribution in [-0.4, -0.2) is 32.4 Å². The van der Waals surface area contributed by atoms with Crippen LogP contribution in [0, 0.1) is 10.1 Å². The molecule has 0 fully saturated rings. The zero-order chi connectivity index (χ0) is 16.2. The van der Waals surface area contributed by atoms with Gasteiger partial charge in [-0.2, -0.15) is 0 Å². The summed E-state index contributed by atoms with van der Waals surface area (Å²) in [6, 6.07) is 0.957. The Labute approximate surface area is 125 Å². The average Bonchev–Trinajstić information content (AvgIpc) is 2.38. The number of rotatable bonds is 6. The predicted octanol–water partition coefficient (Wildman–Crippen LogP) is 2.02. The number of amides is 1. The second-order valence-electron chi connectivity index (χ2n) is 4.63. The minimum atomic E-state index is -1.49. The Morgan fingerprint density at radius 1 is 1.57 bits per heavy atom. The van der Waals surface area contributed by atoms with Gasteiger partial charge in [0.05, 0.1) is 10.5 Å². The zero-order valence-electron chi connectivity index (χ0n) is 11.4. The van der Waals surface area contributed by atoms with Gasteiger partial charge in [0.15, 0.2) is 0 Å². The Bertz CT molecular complexity index is 592. The molecule has 1 amide bonds. The van der Waals surface area contributed by atoms with Crippen molar-refractivity contribution in [2.45, 2.75) is 32.2 Å². The first-order valence-electron chi connectivity index (χ1n) is 6.07. The number of nitrogens with zero attached hydrogens (tertiary/aromatic N) is 2. The fraction of sp³-hybridized carbons (Fsp3) is 0.417. The molecule has 1 unspecified atom stereocenters. The largest absolute Gasteiger partial charge is 0.480 e. The number of carbonyl (C=O) groups is 2. The van der Waals surface area contributed by atoms with E-state index in [2.05, 4.69) is 10.3 Å². The van der Waals surface area contributed by atoms with E-state index in [1.54, 1.807) is 6.92 Å². The molecule has 1 aromatic rings. The molecule has 0 aliphatic carbocycles. The maximum atomic E-state index is 12.1. The SMILES string of the molecule is CCCC(C)(NC(=O)c1cc([N+](=O)[O-])cnc1Cl)C(=O)O. The zero-order valence-corrected chi connectivity index (χ0v) is 12.2. The molecule has 9 heteroatoms. The molecule has 2 N–H and O–H groups in total. The smallest absolute Gasteiger partial charge is 0.329 e. The van der Waals surface area contributed by atoms with Crippen molar-refractivity contribution < 1.29 is 19.6 Å². The van der Waals surface area contributed by atoms with Crippen LogP contribution in [0.15, 0.2) is 12.3 Å². The monoisotopic (exact) mass is 315 g/mol. The molecule has 0 bridgehead atoms. The van der Waals surface area contributed by atoms with Crippen molar-refractivity contribution in [3.05, 3.63) is 33.1 Å². The highest BCUT2D eigenvalue weighted by Crippen LogP contribution is 2.21. The van der Waals surface area contributed by atoms with Gasteiger partial charge in [0.1, 0.15) is 16.9 Å². The number of nitrogens with one attached hydrogen (secondary N) is 1. The quantitative estimate of drug-likeness (QED) is 0.470. The van der Waals surface area contributed by atoms with Crippen molar-refractivity contribution in [3.8, 4) is 0 Å². The summed E-state index contributed by atoms with van der Waals surface area (Å²) in [5.74, 6) is -2.03. The molecular formula is C12H14ClN3O5. The fourth-order valence-electron chi connectivity index (χ4n) is 1.74. The van der Waals surface area contributed by atoms with Crippen molar-refractivity contribution in [2.75, 3.05) is 0 Å². The molecule has 0 aliphatic heterocycles. The fourth-order valence-corrected chi connectivity index (χ4v) is 1.93. The molecule has 0 radical (unpaired) electrons. The van der Waals surface area contributed by atoms with Gasteiger partial charge < -0.3 is 10.4 Å². The van der Waals surface area contributed by atoms with E-state index in [1.807, 2.05) is 0 Å². The van der Waals surface area contributed by atoms with Crippen LogP contribution in [0.1, 0.15) is 37.0 Å². The van der Waals surface area contributed by atoms with Crippen LogP contribution in [0.2, 0.25) is 5.15 Å². The van der Waals surface area contributed by atoms with Gasteiger partial charge in [-0.3, -0.25) is 14.9 Å². The Hall–Kier alpha value is -2.22. The number of aliphatic carboxylic acids is 1. The number of halogens is 1. The summed E-state index contributed by atoms with van der Waals surface area (Å²) in [6.45, 7) is 3.13. The summed E-state index contributed by atoms with van der Waals surface area (Å²) in [4.78, 5) is 36.9. The van der Waals surface area contributed by atoms with E-state index in [1.165, 1.54) is 6.92 Å². The Morgan fingerprint density at radius 3 is 2.67 bits per heavy atom. The number of hydrogen-bond donors (Lipinski definition) is 2. The Morgan fingerprint density at radius 2 is 2.19 bits per heavy atom. The predicted molar refractivity (Wildman–Crippen MR) is 74.3 cm³/mol. The molecular weight excluding hydrogens is 302 g/mol. The normalized spacial score (nSPS) is 13.3. The van der Waals surface area contributed by atoms with Crippen LogP contribution < -0.4 is 5.32 Å². The lowest BCUT2D eigenvalue weighted by Gasteiger charge is -2.25. The van der Waals surface area contributed by atoms with Gasteiger partial charge in [0, 0.05) is 6.07 Å². The van der Waals surface area contributed by atoms with Gasteiger partial charge in [0.2, 0.25) is 0 Å². The molecule has 21 heavy (non-hydrogen) atoms.